The van der Waals surface area contributed by atoms with Crippen molar-refractivity contribution in [1.82, 2.24) is 0 Å². The number of ether oxygens (including phenoxy) is 1. The second kappa shape index (κ2) is 7.62. The zero-order valence-electron chi connectivity index (χ0n) is 12.6. The summed E-state index contributed by atoms with van der Waals surface area (Å²) >= 11 is 3.60. The van der Waals surface area contributed by atoms with E-state index in [2.05, 4.69) is 48.0 Å². The molecule has 2 rings (SSSR count). The summed E-state index contributed by atoms with van der Waals surface area (Å²) in [5.41, 5.74) is 8.45. The molecular formula is C18H22BrNO. The van der Waals surface area contributed by atoms with Crippen molar-refractivity contribution in [2.24, 2.45) is 5.73 Å². The first-order chi connectivity index (χ1) is 10.1. The Morgan fingerprint density at radius 2 is 1.86 bits per heavy atom. The van der Waals surface area contributed by atoms with Gasteiger partial charge in [0, 0.05) is 6.04 Å². The number of para-hydroxylation sites is 1. The molecule has 1 unspecified atom stereocenters. The quantitative estimate of drug-likeness (QED) is 0.790. The normalized spacial score (nSPS) is 12.2. The number of hydrogen-bond donors (Lipinski definition) is 1. The Balaban J connectivity index is 2.17. The Morgan fingerprint density at radius 1 is 1.10 bits per heavy atom. The van der Waals surface area contributed by atoms with E-state index in [9.17, 15) is 0 Å². The minimum Gasteiger partial charge on any atom is -0.456 e. The highest BCUT2D eigenvalue weighted by Crippen LogP contribution is 2.32. The first-order valence-corrected chi connectivity index (χ1v) is 8.23. The maximum absolute atomic E-state index is 6.04. The Bertz CT molecular complexity index is 598. The summed E-state index contributed by atoms with van der Waals surface area (Å²) in [6, 6.07) is 14.5. The molecule has 3 heteroatoms. The third-order valence-electron chi connectivity index (χ3n) is 3.59. The first kappa shape index (κ1) is 16.1. The molecule has 0 fully saturated rings. The maximum Gasteiger partial charge on any atom is 0.141 e. The number of benzene rings is 2. The van der Waals surface area contributed by atoms with E-state index in [0.29, 0.717) is 0 Å². The molecule has 0 saturated carbocycles. The van der Waals surface area contributed by atoms with Crippen LogP contribution in [-0.4, -0.2) is 6.04 Å². The summed E-state index contributed by atoms with van der Waals surface area (Å²) in [5.74, 6) is 1.75. The fourth-order valence-corrected chi connectivity index (χ4v) is 2.72. The van der Waals surface area contributed by atoms with Crippen LogP contribution in [0.5, 0.6) is 11.5 Å². The van der Waals surface area contributed by atoms with Crippen LogP contribution in [0.3, 0.4) is 0 Å². The Morgan fingerprint density at radius 3 is 2.52 bits per heavy atom. The van der Waals surface area contributed by atoms with Gasteiger partial charge in [-0.3, -0.25) is 0 Å². The summed E-state index contributed by atoms with van der Waals surface area (Å²) in [6.45, 7) is 4.24. The van der Waals surface area contributed by atoms with Gasteiger partial charge < -0.3 is 10.5 Å². The van der Waals surface area contributed by atoms with Gasteiger partial charge >= 0.3 is 0 Å². The summed E-state index contributed by atoms with van der Waals surface area (Å²) in [4.78, 5) is 0. The van der Waals surface area contributed by atoms with Crippen LogP contribution >= 0.6 is 15.9 Å². The first-order valence-electron chi connectivity index (χ1n) is 7.43. The fourth-order valence-electron chi connectivity index (χ4n) is 2.22. The van der Waals surface area contributed by atoms with Crippen LogP contribution in [0.15, 0.2) is 46.9 Å². The van der Waals surface area contributed by atoms with E-state index in [1.165, 1.54) is 11.1 Å². The molecule has 0 bridgehead atoms. The van der Waals surface area contributed by atoms with Gasteiger partial charge in [-0.25, -0.2) is 0 Å². The van der Waals surface area contributed by atoms with Crippen LogP contribution in [0.4, 0.5) is 0 Å². The molecule has 0 aliphatic carbocycles. The SMILES string of the molecule is CCc1ccccc1Oc1ccc(CC(N)CC)cc1Br. The molecule has 0 saturated heterocycles. The van der Waals surface area contributed by atoms with Crippen LogP contribution in [0, 0.1) is 0 Å². The number of aryl methyl sites for hydroxylation is 1. The van der Waals surface area contributed by atoms with Crippen LogP contribution in [-0.2, 0) is 12.8 Å². The molecule has 2 aromatic rings. The van der Waals surface area contributed by atoms with E-state index >= 15 is 0 Å². The van der Waals surface area contributed by atoms with E-state index in [-0.39, 0.29) is 6.04 Å². The number of halogens is 1. The van der Waals surface area contributed by atoms with Gasteiger partial charge in [0.2, 0.25) is 0 Å². The third kappa shape index (κ3) is 4.32. The van der Waals surface area contributed by atoms with Crippen molar-refractivity contribution >= 4 is 15.9 Å². The van der Waals surface area contributed by atoms with Gasteiger partial charge in [-0.2, -0.15) is 0 Å². The Labute approximate surface area is 135 Å². The average molecular weight is 348 g/mol. The predicted molar refractivity (Wildman–Crippen MR) is 92.0 cm³/mol. The van der Waals surface area contributed by atoms with Gasteiger partial charge in [-0.1, -0.05) is 38.1 Å². The number of hydrogen-bond acceptors (Lipinski definition) is 2. The van der Waals surface area contributed by atoms with E-state index in [1.54, 1.807) is 0 Å². The molecule has 0 heterocycles. The summed E-state index contributed by atoms with van der Waals surface area (Å²) in [6.07, 6.45) is 2.83. The monoisotopic (exact) mass is 347 g/mol. The van der Waals surface area contributed by atoms with Crippen molar-refractivity contribution in [3.05, 3.63) is 58.1 Å². The van der Waals surface area contributed by atoms with E-state index in [1.807, 2.05) is 24.3 Å². The molecule has 0 amide bonds. The Kier molecular flexibility index (Phi) is 5.83. The average Bonchev–Trinajstić information content (AvgIpc) is 2.50. The molecule has 2 nitrogen and oxygen atoms in total. The highest BCUT2D eigenvalue weighted by molar-refractivity contribution is 9.10. The smallest absolute Gasteiger partial charge is 0.141 e. The summed E-state index contributed by atoms with van der Waals surface area (Å²) in [7, 11) is 0. The summed E-state index contributed by atoms with van der Waals surface area (Å²) in [5, 5.41) is 0. The maximum atomic E-state index is 6.04. The lowest BCUT2D eigenvalue weighted by Gasteiger charge is -2.13. The van der Waals surface area contributed by atoms with Crippen molar-refractivity contribution in [3.8, 4) is 11.5 Å². The molecule has 0 aliphatic rings. The standard InChI is InChI=1S/C18H22BrNO/c1-3-14-7-5-6-8-17(14)21-18-10-9-13(12-16(18)19)11-15(20)4-2/h5-10,12,15H,3-4,11,20H2,1-2H3. The van der Waals surface area contributed by atoms with E-state index in [4.69, 9.17) is 10.5 Å². The lowest BCUT2D eigenvalue weighted by Crippen LogP contribution is -2.21. The van der Waals surface area contributed by atoms with Gasteiger partial charge in [0.05, 0.1) is 4.47 Å². The van der Waals surface area contributed by atoms with Gasteiger partial charge in [0.25, 0.3) is 0 Å². The van der Waals surface area contributed by atoms with Crippen molar-refractivity contribution in [1.29, 1.82) is 0 Å². The molecule has 0 spiro atoms. The third-order valence-corrected chi connectivity index (χ3v) is 4.21. The minimum absolute atomic E-state index is 0.212. The second-order valence-electron chi connectivity index (χ2n) is 5.20. The van der Waals surface area contributed by atoms with Gasteiger partial charge in [-0.05, 0) is 64.5 Å². The molecule has 2 N–H and O–H groups in total. The summed E-state index contributed by atoms with van der Waals surface area (Å²) < 4.78 is 7.01. The van der Waals surface area contributed by atoms with Gasteiger partial charge in [-0.15, -0.1) is 0 Å². The largest absolute Gasteiger partial charge is 0.456 e. The van der Waals surface area contributed by atoms with Crippen LogP contribution in [0.25, 0.3) is 0 Å². The fraction of sp³-hybridized carbons (Fsp3) is 0.333. The minimum atomic E-state index is 0.212. The van der Waals surface area contributed by atoms with Crippen molar-refractivity contribution in [3.63, 3.8) is 0 Å². The topological polar surface area (TPSA) is 35.2 Å². The molecule has 112 valence electrons. The zero-order valence-corrected chi connectivity index (χ0v) is 14.2. The molecule has 0 radical (unpaired) electrons. The van der Waals surface area contributed by atoms with Crippen LogP contribution < -0.4 is 10.5 Å². The molecule has 21 heavy (non-hydrogen) atoms. The van der Waals surface area contributed by atoms with Gasteiger partial charge in [0.1, 0.15) is 11.5 Å². The van der Waals surface area contributed by atoms with Crippen molar-refractivity contribution in [2.45, 2.75) is 39.2 Å². The Hall–Kier alpha value is -1.32. The van der Waals surface area contributed by atoms with E-state index < -0.39 is 0 Å². The number of rotatable bonds is 6. The molecule has 2 aromatic carbocycles. The van der Waals surface area contributed by atoms with Crippen LogP contribution in [0.1, 0.15) is 31.4 Å². The molecule has 0 aromatic heterocycles. The lowest BCUT2D eigenvalue weighted by atomic mass is 10.0. The number of nitrogens with two attached hydrogens (primary N) is 1. The molecule has 1 atom stereocenters. The van der Waals surface area contributed by atoms with Crippen molar-refractivity contribution in [2.75, 3.05) is 0 Å². The van der Waals surface area contributed by atoms with Crippen molar-refractivity contribution < 1.29 is 4.74 Å². The zero-order chi connectivity index (χ0) is 15.2. The highest BCUT2D eigenvalue weighted by atomic mass is 79.9. The van der Waals surface area contributed by atoms with E-state index in [0.717, 1.165) is 35.2 Å². The van der Waals surface area contributed by atoms with Crippen LogP contribution in [0.2, 0.25) is 0 Å². The lowest BCUT2D eigenvalue weighted by molar-refractivity contribution is 0.473. The molecule has 0 aliphatic heterocycles. The predicted octanol–water partition coefficient (Wildman–Crippen LogP) is 5.08. The molecular weight excluding hydrogens is 326 g/mol. The second-order valence-corrected chi connectivity index (χ2v) is 6.05. The van der Waals surface area contributed by atoms with Gasteiger partial charge in [0.15, 0.2) is 0 Å². The highest BCUT2D eigenvalue weighted by Gasteiger charge is 2.08.